The van der Waals surface area contributed by atoms with E-state index in [1.807, 2.05) is 13.8 Å². The molecule has 0 saturated heterocycles. The molecule has 1 aromatic carbocycles. The van der Waals surface area contributed by atoms with Gasteiger partial charge in [-0.1, -0.05) is 0 Å². The number of rotatable bonds is 11. The molecule has 2 aromatic rings. The quantitative estimate of drug-likeness (QED) is 0.337. The highest BCUT2D eigenvalue weighted by Gasteiger charge is 2.26. The van der Waals surface area contributed by atoms with E-state index in [2.05, 4.69) is 87.5 Å². The molecule has 38 heavy (non-hydrogen) atoms. The first kappa shape index (κ1) is 29.1. The van der Waals surface area contributed by atoms with E-state index in [9.17, 15) is 4.79 Å². The van der Waals surface area contributed by atoms with Crippen LogP contribution in [0.5, 0.6) is 5.75 Å². The molecule has 0 bridgehead atoms. The number of benzene rings is 1. The Labute approximate surface area is 228 Å². The van der Waals surface area contributed by atoms with Crippen molar-refractivity contribution >= 4 is 28.6 Å². The van der Waals surface area contributed by atoms with Gasteiger partial charge in [-0.3, -0.25) is 9.79 Å². The summed E-state index contributed by atoms with van der Waals surface area (Å²) in [4.78, 5) is 21.3. The second-order valence-electron chi connectivity index (χ2n) is 10.1. The van der Waals surface area contributed by atoms with Gasteiger partial charge in [0.05, 0.1) is 36.5 Å². The molecular formula is C31H44N4O3. The van der Waals surface area contributed by atoms with Gasteiger partial charge in [0.2, 0.25) is 0 Å². The van der Waals surface area contributed by atoms with Crippen LogP contribution in [-0.4, -0.2) is 57.1 Å². The zero-order chi connectivity index (χ0) is 28.1. The Kier molecular flexibility index (Phi) is 9.47. The van der Waals surface area contributed by atoms with Crippen LogP contribution in [0, 0.1) is 13.8 Å². The number of esters is 1. The molecule has 1 aliphatic rings. The molecule has 2 heterocycles. The fourth-order valence-corrected chi connectivity index (χ4v) is 5.21. The second kappa shape index (κ2) is 12.4. The molecule has 0 saturated carbocycles. The number of hydrogen-bond acceptors (Lipinski definition) is 6. The van der Waals surface area contributed by atoms with Gasteiger partial charge < -0.3 is 23.8 Å². The zero-order valence-electron chi connectivity index (χ0n) is 24.9. The number of methoxy groups -OCH3 is 1. The second-order valence-corrected chi connectivity index (χ2v) is 10.1. The first-order valence-electron chi connectivity index (χ1n) is 13.5. The third kappa shape index (κ3) is 5.98. The molecular weight excluding hydrogens is 476 g/mol. The van der Waals surface area contributed by atoms with E-state index in [0.29, 0.717) is 13.0 Å². The predicted molar refractivity (Wildman–Crippen MR) is 159 cm³/mol. The van der Waals surface area contributed by atoms with E-state index >= 15 is 0 Å². The minimum absolute atomic E-state index is 0.148. The number of aliphatic imine (C=N–C) groups is 1. The van der Waals surface area contributed by atoms with Gasteiger partial charge in [0, 0.05) is 69.3 Å². The summed E-state index contributed by atoms with van der Waals surface area (Å²) in [6.45, 7) is 14.4. The van der Waals surface area contributed by atoms with E-state index in [-0.39, 0.29) is 5.97 Å². The number of ether oxygens (including phenoxy) is 2. The minimum atomic E-state index is -0.148. The van der Waals surface area contributed by atoms with Crippen LogP contribution in [-0.2, 0) is 16.6 Å². The van der Waals surface area contributed by atoms with Gasteiger partial charge in [-0.25, -0.2) is 0 Å². The SMILES string of the molecule is CCOC(=O)CCCN(CC)c1cc(OC)c(/C(=C2/N=C(C)C=C2C)c2c(C)cc(C)n2C)cc1N(C)C. The van der Waals surface area contributed by atoms with Crippen molar-refractivity contribution in [2.24, 2.45) is 12.0 Å². The maximum atomic E-state index is 11.9. The molecule has 0 amide bonds. The third-order valence-electron chi connectivity index (χ3n) is 7.11. The first-order valence-corrected chi connectivity index (χ1v) is 13.5. The standard InChI is InChI=1S/C31H44N4O3/c1-11-35(15-13-14-28(36)38-12-2)26-19-27(37-10)24(18-25(26)33(7)8)29(30-20(3)16-22(5)32-30)31-21(4)17-23(6)34(31)9/h16-19H,11-15H2,1-10H3/b30-29-. The Morgan fingerprint density at radius 3 is 2.26 bits per heavy atom. The van der Waals surface area contributed by atoms with E-state index in [1.165, 1.54) is 11.3 Å². The topological polar surface area (TPSA) is 59.3 Å². The summed E-state index contributed by atoms with van der Waals surface area (Å²) in [7, 11) is 7.97. The lowest BCUT2D eigenvalue weighted by Crippen LogP contribution is -2.27. The lowest BCUT2D eigenvalue weighted by molar-refractivity contribution is -0.143. The number of aryl methyl sites for hydroxylation is 2. The number of allylic oxidation sites excluding steroid dienone is 2. The highest BCUT2D eigenvalue weighted by molar-refractivity contribution is 6.02. The van der Waals surface area contributed by atoms with Crippen LogP contribution >= 0.6 is 0 Å². The van der Waals surface area contributed by atoms with Crippen molar-refractivity contribution in [3.8, 4) is 5.75 Å². The summed E-state index contributed by atoms with van der Waals surface area (Å²) in [6, 6.07) is 6.58. The van der Waals surface area contributed by atoms with Crippen LogP contribution in [0.2, 0.25) is 0 Å². The predicted octanol–water partition coefficient (Wildman–Crippen LogP) is 6.07. The minimum Gasteiger partial charge on any atom is -0.496 e. The van der Waals surface area contributed by atoms with Crippen LogP contribution in [0.1, 0.15) is 63.1 Å². The number of hydrogen-bond donors (Lipinski definition) is 0. The number of carbonyl (C=O) groups is 1. The lowest BCUT2D eigenvalue weighted by atomic mass is 9.93. The van der Waals surface area contributed by atoms with Crippen molar-refractivity contribution in [2.75, 3.05) is 50.7 Å². The molecule has 206 valence electrons. The zero-order valence-corrected chi connectivity index (χ0v) is 24.9. The summed E-state index contributed by atoms with van der Waals surface area (Å²) in [5, 5.41) is 0. The van der Waals surface area contributed by atoms with Crippen molar-refractivity contribution in [1.82, 2.24) is 4.57 Å². The molecule has 0 fully saturated rings. The third-order valence-corrected chi connectivity index (χ3v) is 7.11. The highest BCUT2D eigenvalue weighted by Crippen LogP contribution is 2.44. The van der Waals surface area contributed by atoms with Crippen LogP contribution in [0.15, 0.2) is 40.5 Å². The van der Waals surface area contributed by atoms with Gasteiger partial charge in [0.15, 0.2) is 0 Å². The van der Waals surface area contributed by atoms with Crippen molar-refractivity contribution in [3.63, 3.8) is 0 Å². The summed E-state index contributed by atoms with van der Waals surface area (Å²) in [6.07, 6.45) is 3.26. The molecule has 1 aromatic heterocycles. The molecule has 0 unspecified atom stereocenters. The Hall–Kier alpha value is -3.48. The summed E-state index contributed by atoms with van der Waals surface area (Å²) in [5.41, 5.74) is 10.9. The molecule has 7 heteroatoms. The smallest absolute Gasteiger partial charge is 0.305 e. The summed E-state index contributed by atoms with van der Waals surface area (Å²) < 4.78 is 13.4. The van der Waals surface area contributed by atoms with E-state index in [1.54, 1.807) is 7.11 Å². The number of aromatic nitrogens is 1. The lowest BCUT2D eigenvalue weighted by Gasteiger charge is -2.30. The average molecular weight is 521 g/mol. The van der Waals surface area contributed by atoms with Crippen LogP contribution in [0.25, 0.3) is 5.57 Å². The van der Waals surface area contributed by atoms with Crippen molar-refractivity contribution in [3.05, 3.63) is 58.1 Å². The van der Waals surface area contributed by atoms with Gasteiger partial charge in [0.1, 0.15) is 5.75 Å². The van der Waals surface area contributed by atoms with E-state index < -0.39 is 0 Å². The molecule has 0 aliphatic carbocycles. The Morgan fingerprint density at radius 1 is 1.05 bits per heavy atom. The molecule has 0 atom stereocenters. The van der Waals surface area contributed by atoms with Gasteiger partial charge in [-0.2, -0.15) is 0 Å². The van der Waals surface area contributed by atoms with Gasteiger partial charge >= 0.3 is 5.97 Å². The van der Waals surface area contributed by atoms with Gasteiger partial charge in [-0.05, 0) is 77.3 Å². The van der Waals surface area contributed by atoms with Crippen LogP contribution in [0.4, 0.5) is 11.4 Å². The normalized spacial score (nSPS) is 14.3. The van der Waals surface area contributed by atoms with Gasteiger partial charge in [0.25, 0.3) is 0 Å². The Balaban J connectivity index is 2.22. The van der Waals surface area contributed by atoms with E-state index in [4.69, 9.17) is 14.5 Å². The maximum Gasteiger partial charge on any atom is 0.305 e. The van der Waals surface area contributed by atoms with Crippen LogP contribution < -0.4 is 14.5 Å². The highest BCUT2D eigenvalue weighted by atomic mass is 16.5. The first-order chi connectivity index (χ1) is 18.0. The molecule has 7 nitrogen and oxygen atoms in total. The number of carbonyl (C=O) groups excluding carboxylic acids is 1. The summed E-state index contributed by atoms with van der Waals surface area (Å²) in [5.74, 6) is 0.646. The monoisotopic (exact) mass is 520 g/mol. The molecule has 0 N–H and O–H groups in total. The van der Waals surface area contributed by atoms with E-state index in [0.717, 1.165) is 70.4 Å². The molecule has 3 rings (SSSR count). The number of nitrogens with zero attached hydrogens (tertiary/aromatic N) is 4. The molecule has 0 radical (unpaired) electrons. The molecule has 0 spiro atoms. The fraction of sp³-hybridized carbons (Fsp3) is 0.484. The van der Waals surface area contributed by atoms with Crippen LogP contribution in [0.3, 0.4) is 0 Å². The number of anilines is 2. The molecule has 1 aliphatic heterocycles. The van der Waals surface area contributed by atoms with Crippen molar-refractivity contribution in [2.45, 2.75) is 54.4 Å². The average Bonchev–Trinajstić information content (AvgIpc) is 3.33. The van der Waals surface area contributed by atoms with Gasteiger partial charge in [-0.15, -0.1) is 0 Å². The largest absolute Gasteiger partial charge is 0.496 e. The Bertz CT molecular complexity index is 1280. The Morgan fingerprint density at radius 2 is 1.76 bits per heavy atom. The maximum absolute atomic E-state index is 11.9. The fourth-order valence-electron chi connectivity index (χ4n) is 5.21. The van der Waals surface area contributed by atoms with Crippen molar-refractivity contribution in [1.29, 1.82) is 0 Å². The van der Waals surface area contributed by atoms with Crippen molar-refractivity contribution < 1.29 is 14.3 Å². The summed E-state index contributed by atoms with van der Waals surface area (Å²) >= 11 is 0.